The molecule has 6 heteroatoms. The normalized spacial score (nSPS) is 20.6. The predicted molar refractivity (Wildman–Crippen MR) is 90.0 cm³/mol. The fraction of sp³-hybridized carbons (Fsp3) is 0.412. The van der Waals surface area contributed by atoms with E-state index < -0.39 is 0 Å². The number of anilines is 1. The Morgan fingerprint density at radius 1 is 1.39 bits per heavy atom. The van der Waals surface area contributed by atoms with Crippen molar-refractivity contribution < 1.29 is 9.18 Å². The van der Waals surface area contributed by atoms with Crippen LogP contribution in [0.5, 0.6) is 0 Å². The van der Waals surface area contributed by atoms with E-state index in [9.17, 15) is 9.18 Å². The number of halogens is 1. The Balaban J connectivity index is 1.66. The van der Waals surface area contributed by atoms with E-state index in [1.54, 1.807) is 6.92 Å². The van der Waals surface area contributed by atoms with Crippen LogP contribution in [0.3, 0.4) is 0 Å². The zero-order chi connectivity index (χ0) is 16.4. The molecule has 1 fully saturated rings. The molecule has 1 aromatic carbocycles. The van der Waals surface area contributed by atoms with Crippen LogP contribution in [0.1, 0.15) is 40.2 Å². The van der Waals surface area contributed by atoms with Crippen molar-refractivity contribution in [3.05, 3.63) is 46.2 Å². The summed E-state index contributed by atoms with van der Waals surface area (Å²) in [5, 5.41) is 3.55. The summed E-state index contributed by atoms with van der Waals surface area (Å²) in [7, 11) is 0. The minimum atomic E-state index is -0.219. The molecule has 4 nitrogen and oxygen atoms in total. The van der Waals surface area contributed by atoms with Crippen molar-refractivity contribution in [2.45, 2.75) is 38.6 Å². The van der Waals surface area contributed by atoms with Crippen molar-refractivity contribution in [2.75, 3.05) is 5.73 Å². The number of benzene rings is 1. The van der Waals surface area contributed by atoms with E-state index in [0.29, 0.717) is 21.6 Å². The van der Waals surface area contributed by atoms with Crippen LogP contribution < -0.4 is 11.1 Å². The van der Waals surface area contributed by atoms with E-state index in [0.717, 1.165) is 31.2 Å². The van der Waals surface area contributed by atoms with Crippen LogP contribution in [0, 0.1) is 18.7 Å². The summed E-state index contributed by atoms with van der Waals surface area (Å²) in [5.41, 5.74) is 7.45. The lowest BCUT2D eigenvalue weighted by Crippen LogP contribution is -2.38. The molecule has 23 heavy (non-hydrogen) atoms. The van der Waals surface area contributed by atoms with Gasteiger partial charge >= 0.3 is 0 Å². The molecule has 1 aliphatic carbocycles. The molecule has 2 aromatic rings. The van der Waals surface area contributed by atoms with Gasteiger partial charge in [0.15, 0.2) is 5.13 Å². The number of rotatable bonds is 4. The monoisotopic (exact) mass is 333 g/mol. The van der Waals surface area contributed by atoms with E-state index in [-0.39, 0.29) is 17.8 Å². The average molecular weight is 333 g/mol. The summed E-state index contributed by atoms with van der Waals surface area (Å²) in [4.78, 5) is 17.1. The highest BCUT2D eigenvalue weighted by molar-refractivity contribution is 7.17. The summed E-state index contributed by atoms with van der Waals surface area (Å²) in [6, 6.07) is 6.76. The second-order valence-electron chi connectivity index (χ2n) is 6.07. The first-order chi connectivity index (χ1) is 11.0. The molecule has 0 spiro atoms. The number of nitrogens with zero attached hydrogens (tertiary/aromatic N) is 1. The zero-order valence-corrected chi connectivity index (χ0v) is 13.8. The number of hydrogen-bond donors (Lipinski definition) is 2. The molecule has 1 aliphatic rings. The molecule has 3 rings (SSSR count). The van der Waals surface area contributed by atoms with Crippen molar-refractivity contribution in [1.82, 2.24) is 10.3 Å². The number of aromatic nitrogens is 1. The summed E-state index contributed by atoms with van der Waals surface area (Å²) >= 11 is 1.23. The summed E-state index contributed by atoms with van der Waals surface area (Å²) in [6.45, 7) is 1.80. The third-order valence-electron chi connectivity index (χ3n) is 4.41. The van der Waals surface area contributed by atoms with Crippen LogP contribution in [0.2, 0.25) is 0 Å². The Morgan fingerprint density at radius 2 is 2.13 bits per heavy atom. The quantitative estimate of drug-likeness (QED) is 0.902. The number of thiazole rings is 1. The molecule has 1 aromatic heterocycles. The predicted octanol–water partition coefficient (Wildman–Crippen LogP) is 3.31. The molecule has 2 atom stereocenters. The first-order valence-corrected chi connectivity index (χ1v) is 8.63. The Morgan fingerprint density at radius 3 is 2.78 bits per heavy atom. The lowest BCUT2D eigenvalue weighted by molar-refractivity contribution is 0.0931. The van der Waals surface area contributed by atoms with Crippen molar-refractivity contribution in [3.63, 3.8) is 0 Å². The van der Waals surface area contributed by atoms with Crippen molar-refractivity contribution >= 4 is 22.4 Å². The fourth-order valence-corrected chi connectivity index (χ4v) is 3.99. The molecule has 122 valence electrons. The van der Waals surface area contributed by atoms with Gasteiger partial charge in [-0.3, -0.25) is 4.79 Å². The summed E-state index contributed by atoms with van der Waals surface area (Å²) < 4.78 is 13.0. The van der Waals surface area contributed by atoms with Gasteiger partial charge in [-0.15, -0.1) is 0 Å². The van der Waals surface area contributed by atoms with E-state index in [4.69, 9.17) is 5.73 Å². The second-order valence-corrected chi connectivity index (χ2v) is 7.10. The largest absolute Gasteiger partial charge is 0.375 e. The molecule has 0 aliphatic heterocycles. The van der Waals surface area contributed by atoms with Gasteiger partial charge in [-0.25, -0.2) is 9.37 Å². The van der Waals surface area contributed by atoms with Crippen molar-refractivity contribution in [1.29, 1.82) is 0 Å². The number of aryl methyl sites for hydroxylation is 1. The van der Waals surface area contributed by atoms with Gasteiger partial charge in [0.1, 0.15) is 10.7 Å². The topological polar surface area (TPSA) is 68.0 Å². The van der Waals surface area contributed by atoms with Gasteiger partial charge in [0.2, 0.25) is 0 Å². The number of nitrogens with two attached hydrogens (primary N) is 1. The van der Waals surface area contributed by atoms with Crippen LogP contribution in [-0.4, -0.2) is 16.9 Å². The van der Waals surface area contributed by atoms with Crippen molar-refractivity contribution in [2.24, 2.45) is 5.92 Å². The fourth-order valence-electron chi connectivity index (χ4n) is 3.26. The Labute approximate surface area is 138 Å². The Hall–Kier alpha value is -1.95. The third-order valence-corrected chi connectivity index (χ3v) is 5.39. The zero-order valence-electron chi connectivity index (χ0n) is 13.0. The maximum Gasteiger partial charge on any atom is 0.263 e. The average Bonchev–Trinajstić information content (AvgIpc) is 3.08. The van der Waals surface area contributed by atoms with Gasteiger partial charge in [0, 0.05) is 6.04 Å². The molecule has 1 heterocycles. The molecule has 1 amide bonds. The highest BCUT2D eigenvalue weighted by Crippen LogP contribution is 2.30. The van der Waals surface area contributed by atoms with E-state index >= 15 is 0 Å². The number of nitrogens with one attached hydrogen (secondary N) is 1. The van der Waals surface area contributed by atoms with Crippen LogP contribution in [0.25, 0.3) is 0 Å². The Bertz CT molecular complexity index is 698. The molecule has 3 N–H and O–H groups in total. The smallest absolute Gasteiger partial charge is 0.263 e. The van der Waals surface area contributed by atoms with Gasteiger partial charge in [-0.05, 0) is 49.8 Å². The minimum absolute atomic E-state index is 0.0901. The Kier molecular flexibility index (Phi) is 4.61. The maximum atomic E-state index is 13.0. The molecule has 0 radical (unpaired) electrons. The minimum Gasteiger partial charge on any atom is -0.375 e. The van der Waals surface area contributed by atoms with Crippen molar-refractivity contribution in [3.8, 4) is 0 Å². The number of carbonyl (C=O) groups excluding carboxylic acids is 1. The van der Waals surface area contributed by atoms with Gasteiger partial charge in [0.05, 0.1) is 5.69 Å². The maximum absolute atomic E-state index is 13.0. The highest BCUT2D eigenvalue weighted by atomic mass is 32.1. The molecule has 0 unspecified atom stereocenters. The van der Waals surface area contributed by atoms with E-state index in [2.05, 4.69) is 10.3 Å². The van der Waals surface area contributed by atoms with Crippen LogP contribution >= 0.6 is 11.3 Å². The highest BCUT2D eigenvalue weighted by Gasteiger charge is 2.29. The van der Waals surface area contributed by atoms with E-state index in [1.165, 1.54) is 23.5 Å². The first-order valence-electron chi connectivity index (χ1n) is 7.81. The summed E-state index contributed by atoms with van der Waals surface area (Å²) in [5.74, 6) is 0.0750. The van der Waals surface area contributed by atoms with Gasteiger partial charge in [0.25, 0.3) is 5.91 Å². The SMILES string of the molecule is Cc1nc(N)sc1C(=O)N[C@H]1CCC[C@H]1Cc1ccc(F)cc1. The van der Waals surface area contributed by atoms with Gasteiger partial charge in [-0.1, -0.05) is 29.9 Å². The number of carbonyl (C=O) groups is 1. The van der Waals surface area contributed by atoms with Gasteiger partial charge in [-0.2, -0.15) is 0 Å². The lowest BCUT2D eigenvalue weighted by atomic mass is 9.94. The van der Waals surface area contributed by atoms with Crippen LogP contribution in [0.15, 0.2) is 24.3 Å². The van der Waals surface area contributed by atoms with E-state index in [1.807, 2.05) is 12.1 Å². The van der Waals surface area contributed by atoms with Crippen LogP contribution in [-0.2, 0) is 6.42 Å². The molecule has 1 saturated carbocycles. The number of nitrogen functional groups attached to an aromatic ring is 1. The third kappa shape index (κ3) is 3.69. The molecular formula is C17H20FN3OS. The first kappa shape index (κ1) is 15.9. The van der Waals surface area contributed by atoms with Gasteiger partial charge < -0.3 is 11.1 Å². The standard InChI is InChI=1S/C17H20FN3OS/c1-10-15(23-17(19)20-10)16(22)21-14-4-2-3-12(14)9-11-5-7-13(18)8-6-11/h5-8,12,14H,2-4,9H2,1H3,(H2,19,20)(H,21,22)/t12-,14-/m0/s1. The molecule has 0 bridgehead atoms. The lowest BCUT2D eigenvalue weighted by Gasteiger charge is -2.21. The summed E-state index contributed by atoms with van der Waals surface area (Å²) in [6.07, 6.45) is 4.01. The molecular weight excluding hydrogens is 313 g/mol. The number of hydrogen-bond acceptors (Lipinski definition) is 4. The number of amides is 1. The molecule has 0 saturated heterocycles. The second kappa shape index (κ2) is 6.66. The van der Waals surface area contributed by atoms with Crippen LogP contribution in [0.4, 0.5) is 9.52 Å².